The third-order valence-corrected chi connectivity index (χ3v) is 4.42. The van der Waals surface area contributed by atoms with Crippen molar-refractivity contribution in [1.29, 1.82) is 0 Å². The number of aromatic hydroxyl groups is 1. The zero-order chi connectivity index (χ0) is 19.9. The van der Waals surface area contributed by atoms with Crippen LogP contribution in [0, 0.1) is 0 Å². The van der Waals surface area contributed by atoms with Crippen molar-refractivity contribution in [3.05, 3.63) is 70.3 Å². The van der Waals surface area contributed by atoms with E-state index in [1.165, 1.54) is 6.21 Å². The molecule has 1 amide bonds. The van der Waals surface area contributed by atoms with Crippen LogP contribution in [0.2, 0.25) is 0 Å². The molecule has 7 heteroatoms. The average Bonchev–Trinajstić information content (AvgIpc) is 2.71. The van der Waals surface area contributed by atoms with Crippen LogP contribution in [0.3, 0.4) is 0 Å². The summed E-state index contributed by atoms with van der Waals surface area (Å²) < 4.78 is 1.55. The van der Waals surface area contributed by atoms with Gasteiger partial charge < -0.3 is 9.67 Å². The van der Waals surface area contributed by atoms with Gasteiger partial charge in [0.05, 0.1) is 11.7 Å². The molecule has 0 aliphatic carbocycles. The quantitative estimate of drug-likeness (QED) is 0.375. The van der Waals surface area contributed by atoms with Gasteiger partial charge in [0.25, 0.3) is 11.5 Å². The Balaban J connectivity index is 1.96. The number of amides is 1. The molecule has 2 aromatic heterocycles. The van der Waals surface area contributed by atoms with Crippen molar-refractivity contribution in [2.75, 3.05) is 0 Å². The van der Waals surface area contributed by atoms with Crippen LogP contribution in [0.5, 0.6) is 5.75 Å². The maximum Gasteiger partial charge on any atom is 0.280 e. The Hall–Kier alpha value is -3.48. The second-order valence-corrected chi connectivity index (χ2v) is 6.39. The Bertz CT molecular complexity index is 1060. The first kappa shape index (κ1) is 19.3. The van der Waals surface area contributed by atoms with Crippen LogP contribution in [0.4, 0.5) is 0 Å². The third kappa shape index (κ3) is 4.09. The van der Waals surface area contributed by atoms with Crippen molar-refractivity contribution in [3.8, 4) is 5.75 Å². The Kier molecular flexibility index (Phi) is 6.16. The van der Waals surface area contributed by atoms with E-state index in [-0.39, 0.29) is 11.3 Å². The standard InChI is InChI=1S/C21H22N4O3/c1-2-3-6-12-25-17-10-5-4-9-16(17)19(26)18(21(25)28)20(27)24-23-14-15-8-7-11-22-13-15/h4-5,7-11,13-14,26H,2-3,6,12H2,1H3,(H,24,27)/b23-14+. The van der Waals surface area contributed by atoms with Crippen molar-refractivity contribution < 1.29 is 9.90 Å². The number of aryl methyl sites for hydroxylation is 1. The first-order chi connectivity index (χ1) is 13.6. The summed E-state index contributed by atoms with van der Waals surface area (Å²) in [4.78, 5) is 29.5. The number of hydrogen-bond acceptors (Lipinski definition) is 5. The zero-order valence-electron chi connectivity index (χ0n) is 15.6. The van der Waals surface area contributed by atoms with E-state index >= 15 is 0 Å². The van der Waals surface area contributed by atoms with Crippen LogP contribution < -0.4 is 11.0 Å². The molecule has 0 saturated heterocycles. The number of fused-ring (bicyclic) bond motifs is 1. The van der Waals surface area contributed by atoms with Crippen molar-refractivity contribution in [3.63, 3.8) is 0 Å². The van der Waals surface area contributed by atoms with Crippen LogP contribution in [0.1, 0.15) is 42.1 Å². The maximum absolute atomic E-state index is 13.0. The number of aromatic nitrogens is 2. The highest BCUT2D eigenvalue weighted by Gasteiger charge is 2.21. The third-order valence-electron chi connectivity index (χ3n) is 4.42. The van der Waals surface area contributed by atoms with Gasteiger partial charge in [-0.3, -0.25) is 14.6 Å². The Morgan fingerprint density at radius 1 is 1.25 bits per heavy atom. The second kappa shape index (κ2) is 8.94. The summed E-state index contributed by atoms with van der Waals surface area (Å²) in [6, 6.07) is 10.5. The number of rotatable bonds is 7. The highest BCUT2D eigenvalue weighted by molar-refractivity contribution is 6.02. The first-order valence-electron chi connectivity index (χ1n) is 9.21. The molecule has 144 valence electrons. The van der Waals surface area contributed by atoms with Gasteiger partial charge in [-0.25, -0.2) is 5.43 Å². The number of para-hydroxylation sites is 1. The molecule has 0 spiro atoms. The SMILES string of the molecule is CCCCCn1c(=O)c(C(=O)N/N=C/c2cccnc2)c(O)c2ccccc21. The molecule has 0 saturated carbocycles. The van der Waals surface area contributed by atoms with Crippen LogP contribution in [-0.2, 0) is 6.54 Å². The predicted molar refractivity (Wildman–Crippen MR) is 109 cm³/mol. The summed E-state index contributed by atoms with van der Waals surface area (Å²) in [7, 11) is 0. The van der Waals surface area contributed by atoms with E-state index in [0.29, 0.717) is 23.0 Å². The summed E-state index contributed by atoms with van der Waals surface area (Å²) in [5.41, 5.74) is 2.79. The van der Waals surface area contributed by atoms with E-state index in [4.69, 9.17) is 0 Å². The molecule has 0 atom stereocenters. The van der Waals surface area contributed by atoms with Crippen LogP contribution in [0.15, 0.2) is 58.7 Å². The predicted octanol–water partition coefficient (Wildman–Crippen LogP) is 3.06. The first-order valence-corrected chi connectivity index (χ1v) is 9.21. The highest BCUT2D eigenvalue weighted by Crippen LogP contribution is 2.26. The Morgan fingerprint density at radius 3 is 2.82 bits per heavy atom. The minimum absolute atomic E-state index is 0.307. The van der Waals surface area contributed by atoms with Crippen LogP contribution in [0.25, 0.3) is 10.9 Å². The molecule has 28 heavy (non-hydrogen) atoms. The van der Waals surface area contributed by atoms with E-state index in [9.17, 15) is 14.7 Å². The van der Waals surface area contributed by atoms with Crippen molar-refractivity contribution >= 4 is 23.0 Å². The van der Waals surface area contributed by atoms with Gasteiger partial charge in [-0.2, -0.15) is 5.10 Å². The molecule has 1 aromatic carbocycles. The maximum atomic E-state index is 13.0. The number of unbranched alkanes of at least 4 members (excludes halogenated alkanes) is 2. The van der Waals surface area contributed by atoms with Gasteiger partial charge in [-0.15, -0.1) is 0 Å². The number of carbonyl (C=O) groups is 1. The molecule has 0 unspecified atom stereocenters. The molecule has 0 bridgehead atoms. The van der Waals surface area contributed by atoms with E-state index in [0.717, 1.165) is 19.3 Å². The van der Waals surface area contributed by atoms with Gasteiger partial charge >= 0.3 is 0 Å². The van der Waals surface area contributed by atoms with Crippen molar-refractivity contribution in [1.82, 2.24) is 15.0 Å². The minimum atomic E-state index is -0.752. The fraction of sp³-hybridized carbons (Fsp3) is 0.238. The molecule has 7 nitrogen and oxygen atoms in total. The number of nitrogens with one attached hydrogen (secondary N) is 1. The summed E-state index contributed by atoms with van der Waals surface area (Å²) in [6.45, 7) is 2.56. The summed E-state index contributed by atoms with van der Waals surface area (Å²) >= 11 is 0. The number of carbonyl (C=O) groups excluding carboxylic acids is 1. The lowest BCUT2D eigenvalue weighted by Crippen LogP contribution is -2.31. The number of hydrogen-bond donors (Lipinski definition) is 2. The number of pyridine rings is 2. The lowest BCUT2D eigenvalue weighted by atomic mass is 10.1. The molecular weight excluding hydrogens is 356 g/mol. The normalized spacial score (nSPS) is 11.2. The minimum Gasteiger partial charge on any atom is -0.506 e. The summed E-state index contributed by atoms with van der Waals surface area (Å²) in [5, 5.41) is 14.9. The Morgan fingerprint density at radius 2 is 2.07 bits per heavy atom. The van der Waals surface area contributed by atoms with Crippen molar-refractivity contribution in [2.45, 2.75) is 32.7 Å². The molecular formula is C21H22N4O3. The molecule has 0 aliphatic heterocycles. The lowest BCUT2D eigenvalue weighted by molar-refractivity contribution is 0.0950. The van der Waals surface area contributed by atoms with Crippen LogP contribution in [-0.4, -0.2) is 26.8 Å². The van der Waals surface area contributed by atoms with E-state index in [1.807, 2.05) is 0 Å². The number of hydrazone groups is 1. The largest absolute Gasteiger partial charge is 0.506 e. The molecule has 0 fully saturated rings. The molecule has 2 N–H and O–H groups in total. The van der Waals surface area contributed by atoms with Gasteiger partial charge in [0.1, 0.15) is 11.3 Å². The van der Waals surface area contributed by atoms with E-state index in [1.54, 1.807) is 53.4 Å². The summed E-state index contributed by atoms with van der Waals surface area (Å²) in [5.74, 6) is -1.08. The number of nitrogens with zero attached hydrogens (tertiary/aromatic N) is 3. The molecule has 0 aliphatic rings. The molecule has 3 rings (SSSR count). The van der Waals surface area contributed by atoms with Gasteiger partial charge in [-0.05, 0) is 24.6 Å². The van der Waals surface area contributed by atoms with E-state index < -0.39 is 11.5 Å². The summed E-state index contributed by atoms with van der Waals surface area (Å²) in [6.07, 6.45) is 7.43. The highest BCUT2D eigenvalue weighted by atomic mass is 16.3. The van der Waals surface area contributed by atoms with Gasteiger partial charge in [-0.1, -0.05) is 38.0 Å². The number of benzene rings is 1. The average molecular weight is 378 g/mol. The van der Waals surface area contributed by atoms with E-state index in [2.05, 4.69) is 22.4 Å². The topological polar surface area (TPSA) is 96.6 Å². The molecule has 3 aromatic rings. The smallest absolute Gasteiger partial charge is 0.280 e. The van der Waals surface area contributed by atoms with Gasteiger partial charge in [0.2, 0.25) is 0 Å². The lowest BCUT2D eigenvalue weighted by Gasteiger charge is -2.14. The second-order valence-electron chi connectivity index (χ2n) is 6.39. The fourth-order valence-electron chi connectivity index (χ4n) is 3.01. The zero-order valence-corrected chi connectivity index (χ0v) is 15.6. The van der Waals surface area contributed by atoms with Crippen LogP contribution >= 0.6 is 0 Å². The monoisotopic (exact) mass is 378 g/mol. The molecule has 2 heterocycles. The van der Waals surface area contributed by atoms with Crippen molar-refractivity contribution in [2.24, 2.45) is 5.10 Å². The molecule has 0 radical (unpaired) electrons. The van der Waals surface area contributed by atoms with Gasteiger partial charge in [0, 0.05) is 29.9 Å². The fourth-order valence-corrected chi connectivity index (χ4v) is 3.01. The Labute approximate surface area is 162 Å². The van der Waals surface area contributed by atoms with Gasteiger partial charge in [0.15, 0.2) is 0 Å².